The number of halogens is 1. The van der Waals surface area contributed by atoms with Gasteiger partial charge in [-0.1, -0.05) is 12.1 Å². The highest BCUT2D eigenvalue weighted by Gasteiger charge is 2.24. The molecule has 2 N–H and O–H groups in total. The third-order valence-corrected chi connectivity index (χ3v) is 4.52. The van der Waals surface area contributed by atoms with Crippen molar-refractivity contribution in [2.75, 3.05) is 13.7 Å². The van der Waals surface area contributed by atoms with Crippen molar-refractivity contribution in [2.24, 2.45) is 5.92 Å². The summed E-state index contributed by atoms with van der Waals surface area (Å²) in [4.78, 5) is 16.6. The Morgan fingerprint density at radius 1 is 1.30 bits per heavy atom. The van der Waals surface area contributed by atoms with Gasteiger partial charge in [0.25, 0.3) is 0 Å². The predicted octanol–water partition coefficient (Wildman–Crippen LogP) is 3.31. The molecule has 0 spiro atoms. The van der Waals surface area contributed by atoms with Crippen LogP contribution < -0.4 is 20.1 Å². The highest BCUT2D eigenvalue weighted by atomic mass is 35.5. The number of amides is 1. The summed E-state index contributed by atoms with van der Waals surface area (Å²) in [6.07, 6.45) is 3.50. The van der Waals surface area contributed by atoms with E-state index in [1.165, 1.54) is 0 Å². The molecule has 0 saturated carbocycles. The monoisotopic (exact) mass is 391 g/mol. The summed E-state index contributed by atoms with van der Waals surface area (Å²) in [5.74, 6) is 2.11. The van der Waals surface area contributed by atoms with Crippen LogP contribution in [0.25, 0.3) is 0 Å². The van der Waals surface area contributed by atoms with Crippen molar-refractivity contribution < 1.29 is 14.3 Å². The van der Waals surface area contributed by atoms with Crippen LogP contribution in [0.2, 0.25) is 0 Å². The average Bonchev–Trinajstić information content (AvgIpc) is 2.67. The molecule has 1 aromatic heterocycles. The molecule has 1 saturated heterocycles. The second kappa shape index (κ2) is 10.1. The van der Waals surface area contributed by atoms with E-state index < -0.39 is 0 Å². The normalized spacial score (nSPS) is 18.9. The number of hydrogen-bond acceptors (Lipinski definition) is 5. The first-order valence-electron chi connectivity index (χ1n) is 8.92. The van der Waals surface area contributed by atoms with Crippen molar-refractivity contribution in [3.63, 3.8) is 0 Å². The topological polar surface area (TPSA) is 72.5 Å². The van der Waals surface area contributed by atoms with E-state index in [1.807, 2.05) is 24.3 Å². The minimum Gasteiger partial charge on any atom is -0.497 e. The molecular weight excluding hydrogens is 366 g/mol. The van der Waals surface area contributed by atoms with Crippen molar-refractivity contribution in [2.45, 2.75) is 32.4 Å². The Bertz CT molecular complexity index is 740. The van der Waals surface area contributed by atoms with Crippen LogP contribution in [0.15, 0.2) is 42.6 Å². The Labute approximate surface area is 166 Å². The van der Waals surface area contributed by atoms with Crippen molar-refractivity contribution >= 4 is 18.3 Å². The number of pyridine rings is 1. The van der Waals surface area contributed by atoms with E-state index in [1.54, 1.807) is 25.4 Å². The Hall–Kier alpha value is -2.31. The fraction of sp³-hybridized carbons (Fsp3) is 0.400. The lowest BCUT2D eigenvalue weighted by Crippen LogP contribution is -2.42. The number of methoxy groups -OCH3 is 1. The van der Waals surface area contributed by atoms with E-state index >= 15 is 0 Å². The minimum atomic E-state index is 0. The standard InChI is InChI=1S/C20H25N3O3.ClH/c1-14-10-16(8-9-21-14)20(24)23-13-15-6-7-19(22-12-15)26-18-5-3-4-17(11-18)25-2;/h3-7,11-12,14,16,21H,8-10,13H2,1-2H3,(H,23,24);1H/t14-,16-;/m0./s1. The summed E-state index contributed by atoms with van der Waals surface area (Å²) in [7, 11) is 1.62. The predicted molar refractivity (Wildman–Crippen MR) is 107 cm³/mol. The Morgan fingerprint density at radius 3 is 2.81 bits per heavy atom. The number of carbonyl (C=O) groups excluding carboxylic acids is 1. The van der Waals surface area contributed by atoms with Gasteiger partial charge in [0.2, 0.25) is 11.8 Å². The molecule has 0 aliphatic carbocycles. The number of nitrogens with zero attached hydrogens (tertiary/aromatic N) is 1. The van der Waals surface area contributed by atoms with E-state index in [0.717, 1.165) is 30.7 Å². The van der Waals surface area contributed by atoms with Crippen LogP contribution in [0.5, 0.6) is 17.4 Å². The van der Waals surface area contributed by atoms with Crippen LogP contribution in [-0.2, 0) is 11.3 Å². The van der Waals surface area contributed by atoms with Crippen LogP contribution >= 0.6 is 12.4 Å². The van der Waals surface area contributed by atoms with Gasteiger partial charge in [-0.25, -0.2) is 4.98 Å². The fourth-order valence-electron chi connectivity index (χ4n) is 3.06. The van der Waals surface area contributed by atoms with Crippen molar-refractivity contribution in [3.05, 3.63) is 48.2 Å². The first-order chi connectivity index (χ1) is 12.6. The lowest BCUT2D eigenvalue weighted by atomic mass is 9.92. The zero-order valence-corrected chi connectivity index (χ0v) is 16.4. The zero-order valence-electron chi connectivity index (χ0n) is 15.6. The summed E-state index contributed by atoms with van der Waals surface area (Å²) in [6.45, 7) is 3.49. The maximum absolute atomic E-state index is 12.3. The number of nitrogens with one attached hydrogen (secondary N) is 2. The van der Waals surface area contributed by atoms with Gasteiger partial charge >= 0.3 is 0 Å². The van der Waals surface area contributed by atoms with Gasteiger partial charge in [0.05, 0.1) is 7.11 Å². The number of aromatic nitrogens is 1. The van der Waals surface area contributed by atoms with Gasteiger partial charge in [-0.2, -0.15) is 0 Å². The minimum absolute atomic E-state index is 0. The highest BCUT2D eigenvalue weighted by Crippen LogP contribution is 2.24. The average molecular weight is 392 g/mol. The third kappa shape index (κ3) is 6.12. The van der Waals surface area contributed by atoms with Gasteiger partial charge in [-0.3, -0.25) is 4.79 Å². The number of carbonyl (C=O) groups is 1. The van der Waals surface area contributed by atoms with Crippen molar-refractivity contribution in [1.29, 1.82) is 0 Å². The summed E-state index contributed by atoms with van der Waals surface area (Å²) in [5, 5.41) is 6.37. The Morgan fingerprint density at radius 2 is 2.11 bits per heavy atom. The lowest BCUT2D eigenvalue weighted by Gasteiger charge is -2.27. The van der Waals surface area contributed by atoms with Crippen LogP contribution in [0.4, 0.5) is 0 Å². The first-order valence-corrected chi connectivity index (χ1v) is 8.92. The molecule has 2 atom stereocenters. The second-order valence-corrected chi connectivity index (χ2v) is 6.58. The quantitative estimate of drug-likeness (QED) is 0.790. The summed E-state index contributed by atoms with van der Waals surface area (Å²) < 4.78 is 10.9. The molecule has 6 nitrogen and oxygen atoms in total. The number of piperidine rings is 1. The molecule has 1 aliphatic heterocycles. The lowest BCUT2D eigenvalue weighted by molar-refractivity contribution is -0.126. The number of rotatable bonds is 6. The largest absolute Gasteiger partial charge is 0.497 e. The van der Waals surface area contributed by atoms with Gasteiger partial charge < -0.3 is 20.1 Å². The molecule has 7 heteroatoms. The summed E-state index contributed by atoms with van der Waals surface area (Å²) >= 11 is 0. The fourth-order valence-corrected chi connectivity index (χ4v) is 3.06. The Balaban J connectivity index is 0.00000261. The molecular formula is C20H26ClN3O3. The molecule has 3 rings (SSSR count). The summed E-state index contributed by atoms with van der Waals surface area (Å²) in [5.41, 5.74) is 0.943. The number of benzene rings is 1. The molecule has 2 heterocycles. The summed E-state index contributed by atoms with van der Waals surface area (Å²) in [6, 6.07) is 11.5. The molecule has 1 aromatic carbocycles. The molecule has 1 amide bonds. The molecule has 27 heavy (non-hydrogen) atoms. The molecule has 0 radical (unpaired) electrons. The molecule has 146 valence electrons. The van der Waals surface area contributed by atoms with Gasteiger partial charge in [0, 0.05) is 36.8 Å². The van der Waals surface area contributed by atoms with Crippen LogP contribution in [-0.4, -0.2) is 30.6 Å². The number of hydrogen-bond donors (Lipinski definition) is 2. The van der Waals surface area contributed by atoms with E-state index in [0.29, 0.717) is 24.2 Å². The van der Waals surface area contributed by atoms with E-state index in [4.69, 9.17) is 9.47 Å². The van der Waals surface area contributed by atoms with Gasteiger partial charge in [0.1, 0.15) is 11.5 Å². The first kappa shape index (κ1) is 21.0. The SMILES string of the molecule is COc1cccc(Oc2ccc(CNC(=O)[C@H]3CCN[C@@H](C)C3)cn2)c1.Cl. The second-order valence-electron chi connectivity index (χ2n) is 6.58. The number of ether oxygens (including phenoxy) is 2. The molecule has 0 unspecified atom stereocenters. The van der Waals surface area contributed by atoms with Gasteiger partial charge in [0.15, 0.2) is 0 Å². The Kier molecular flexibility index (Phi) is 7.88. The third-order valence-electron chi connectivity index (χ3n) is 4.52. The van der Waals surface area contributed by atoms with Crippen LogP contribution in [0, 0.1) is 5.92 Å². The molecule has 1 aliphatic rings. The van der Waals surface area contributed by atoms with Gasteiger partial charge in [-0.15, -0.1) is 12.4 Å². The van der Waals surface area contributed by atoms with E-state index in [2.05, 4.69) is 22.5 Å². The van der Waals surface area contributed by atoms with Crippen molar-refractivity contribution in [3.8, 4) is 17.4 Å². The smallest absolute Gasteiger partial charge is 0.223 e. The van der Waals surface area contributed by atoms with Gasteiger partial charge in [-0.05, 0) is 44.0 Å². The van der Waals surface area contributed by atoms with E-state index in [-0.39, 0.29) is 24.2 Å². The zero-order chi connectivity index (χ0) is 18.4. The molecule has 2 aromatic rings. The van der Waals surface area contributed by atoms with Crippen molar-refractivity contribution in [1.82, 2.24) is 15.6 Å². The highest BCUT2D eigenvalue weighted by molar-refractivity contribution is 5.85. The van der Waals surface area contributed by atoms with Crippen LogP contribution in [0.3, 0.4) is 0 Å². The molecule has 0 bridgehead atoms. The van der Waals surface area contributed by atoms with Crippen LogP contribution in [0.1, 0.15) is 25.3 Å². The van der Waals surface area contributed by atoms with E-state index in [9.17, 15) is 4.79 Å². The molecule has 1 fully saturated rings. The maximum Gasteiger partial charge on any atom is 0.223 e. The maximum atomic E-state index is 12.3.